The Kier molecular flexibility index (Phi) is 7.14. The van der Waals surface area contributed by atoms with Crippen molar-refractivity contribution < 1.29 is 19.1 Å². The van der Waals surface area contributed by atoms with E-state index in [9.17, 15) is 9.59 Å². The number of nitrogens with one attached hydrogen (secondary N) is 2. The molecular formula is C22H35N3O4. The number of aromatic nitrogens is 1. The molecule has 1 aliphatic carbocycles. The lowest BCUT2D eigenvalue weighted by Crippen LogP contribution is -2.42. The molecule has 0 unspecified atom stereocenters. The second-order valence-electron chi connectivity index (χ2n) is 9.94. The van der Waals surface area contributed by atoms with Crippen LogP contribution < -0.4 is 10.6 Å². The summed E-state index contributed by atoms with van der Waals surface area (Å²) in [6.07, 6.45) is 5.13. The quantitative estimate of drug-likeness (QED) is 0.719. The van der Waals surface area contributed by atoms with Crippen molar-refractivity contribution in [2.75, 3.05) is 5.32 Å². The average Bonchev–Trinajstić information content (AvgIpc) is 2.50. The van der Waals surface area contributed by atoms with Gasteiger partial charge in [-0.25, -0.2) is 9.59 Å². The Balaban J connectivity index is 2.11. The zero-order valence-corrected chi connectivity index (χ0v) is 18.7. The third-order valence-electron chi connectivity index (χ3n) is 4.59. The number of carbonyl (C=O) groups is 2. The summed E-state index contributed by atoms with van der Waals surface area (Å²) in [7, 11) is 0. The Labute approximate surface area is 173 Å². The molecule has 7 heteroatoms. The van der Waals surface area contributed by atoms with Crippen LogP contribution in [0.15, 0.2) is 18.5 Å². The highest BCUT2D eigenvalue weighted by atomic mass is 16.6. The SMILES string of the molecule is C[C@H]1C[C@@H](NC(=O)OC(C)(C)C)C[C@@H](c2ccncc2NC(=O)OC(C)(C)C)C1. The molecule has 1 aromatic rings. The fourth-order valence-corrected chi connectivity index (χ4v) is 3.73. The molecule has 1 saturated carbocycles. The standard InChI is InChI=1S/C22H35N3O4/c1-14-10-15(12-16(11-14)24-19(26)28-21(2,3)4)17-8-9-23-13-18(17)25-20(27)29-22(5,6)7/h8-9,13-16H,10-12H2,1-7H3,(H,24,26)(H,25,27)/t14-,15+,16-/m1/s1. The number of hydrogen-bond donors (Lipinski definition) is 2. The number of carbonyl (C=O) groups excluding carboxylic acids is 2. The minimum atomic E-state index is -0.575. The summed E-state index contributed by atoms with van der Waals surface area (Å²) in [5, 5.41) is 5.84. The highest BCUT2D eigenvalue weighted by Gasteiger charge is 2.31. The number of pyridine rings is 1. The summed E-state index contributed by atoms with van der Waals surface area (Å²) in [5.74, 6) is 0.614. The molecule has 0 saturated heterocycles. The lowest BCUT2D eigenvalue weighted by molar-refractivity contribution is 0.0482. The van der Waals surface area contributed by atoms with E-state index >= 15 is 0 Å². The summed E-state index contributed by atoms with van der Waals surface area (Å²) in [6.45, 7) is 13.2. The number of rotatable bonds is 3. The van der Waals surface area contributed by atoms with E-state index < -0.39 is 23.4 Å². The molecule has 2 N–H and O–H groups in total. The van der Waals surface area contributed by atoms with Gasteiger partial charge in [-0.05, 0) is 84.3 Å². The molecule has 2 rings (SSSR count). The highest BCUT2D eigenvalue weighted by Crippen LogP contribution is 2.39. The number of hydrogen-bond acceptors (Lipinski definition) is 5. The molecule has 162 valence electrons. The van der Waals surface area contributed by atoms with Gasteiger partial charge in [0.05, 0.1) is 11.9 Å². The van der Waals surface area contributed by atoms with Gasteiger partial charge in [-0.3, -0.25) is 10.3 Å². The summed E-state index contributed by atoms with van der Waals surface area (Å²) < 4.78 is 10.8. The van der Waals surface area contributed by atoms with E-state index in [1.54, 1.807) is 12.4 Å². The molecule has 1 heterocycles. The maximum Gasteiger partial charge on any atom is 0.412 e. The maximum atomic E-state index is 12.2. The van der Waals surface area contributed by atoms with Crippen molar-refractivity contribution in [3.63, 3.8) is 0 Å². The van der Waals surface area contributed by atoms with Crippen LogP contribution in [0.4, 0.5) is 15.3 Å². The van der Waals surface area contributed by atoms with Crippen molar-refractivity contribution in [1.29, 1.82) is 0 Å². The van der Waals surface area contributed by atoms with Gasteiger partial charge in [-0.2, -0.15) is 0 Å². The third-order valence-corrected chi connectivity index (χ3v) is 4.59. The first-order chi connectivity index (χ1) is 13.3. The Hall–Kier alpha value is -2.31. The lowest BCUT2D eigenvalue weighted by atomic mass is 9.76. The molecule has 7 nitrogen and oxygen atoms in total. The van der Waals surface area contributed by atoms with E-state index in [-0.39, 0.29) is 12.0 Å². The first kappa shape index (κ1) is 23.0. The highest BCUT2D eigenvalue weighted by molar-refractivity contribution is 5.85. The van der Waals surface area contributed by atoms with Gasteiger partial charge < -0.3 is 14.8 Å². The van der Waals surface area contributed by atoms with Gasteiger partial charge in [-0.1, -0.05) is 6.92 Å². The zero-order chi connectivity index (χ0) is 21.8. The van der Waals surface area contributed by atoms with Gasteiger partial charge in [0.25, 0.3) is 0 Å². The predicted molar refractivity (Wildman–Crippen MR) is 113 cm³/mol. The minimum Gasteiger partial charge on any atom is -0.444 e. The summed E-state index contributed by atoms with van der Waals surface area (Å²) in [6, 6.07) is 1.95. The summed E-state index contributed by atoms with van der Waals surface area (Å²) in [5.41, 5.74) is 0.554. The summed E-state index contributed by atoms with van der Waals surface area (Å²) >= 11 is 0. The van der Waals surface area contributed by atoms with Crippen LogP contribution in [0.1, 0.15) is 79.2 Å². The van der Waals surface area contributed by atoms with E-state index in [1.807, 2.05) is 47.6 Å². The fraction of sp³-hybridized carbons (Fsp3) is 0.682. The van der Waals surface area contributed by atoms with Gasteiger partial charge in [0.15, 0.2) is 0 Å². The molecule has 1 fully saturated rings. The second-order valence-corrected chi connectivity index (χ2v) is 9.94. The number of amides is 2. The smallest absolute Gasteiger partial charge is 0.412 e. The lowest BCUT2D eigenvalue weighted by Gasteiger charge is -2.35. The molecule has 29 heavy (non-hydrogen) atoms. The van der Waals surface area contributed by atoms with Crippen LogP contribution in [-0.2, 0) is 9.47 Å². The van der Waals surface area contributed by atoms with Crippen LogP contribution in [0.25, 0.3) is 0 Å². The largest absolute Gasteiger partial charge is 0.444 e. The normalized spacial score (nSPS) is 22.5. The number of ether oxygens (including phenoxy) is 2. The molecule has 0 spiro atoms. The van der Waals surface area contributed by atoms with Crippen molar-refractivity contribution in [3.8, 4) is 0 Å². The van der Waals surface area contributed by atoms with E-state index in [1.165, 1.54) is 0 Å². The van der Waals surface area contributed by atoms with Crippen molar-refractivity contribution in [1.82, 2.24) is 10.3 Å². The molecule has 0 aliphatic heterocycles. The fourth-order valence-electron chi connectivity index (χ4n) is 3.73. The van der Waals surface area contributed by atoms with Crippen molar-refractivity contribution in [3.05, 3.63) is 24.0 Å². The first-order valence-corrected chi connectivity index (χ1v) is 10.3. The molecule has 0 bridgehead atoms. The topological polar surface area (TPSA) is 89.5 Å². The predicted octanol–water partition coefficient (Wildman–Crippen LogP) is 5.23. The Morgan fingerprint density at radius 1 is 1.00 bits per heavy atom. The Morgan fingerprint density at radius 2 is 1.62 bits per heavy atom. The third kappa shape index (κ3) is 7.91. The van der Waals surface area contributed by atoms with Crippen molar-refractivity contribution >= 4 is 17.9 Å². The zero-order valence-electron chi connectivity index (χ0n) is 18.7. The molecular weight excluding hydrogens is 370 g/mol. The van der Waals surface area contributed by atoms with E-state index in [0.29, 0.717) is 11.6 Å². The van der Waals surface area contributed by atoms with Crippen LogP contribution >= 0.6 is 0 Å². The van der Waals surface area contributed by atoms with E-state index in [4.69, 9.17) is 9.47 Å². The van der Waals surface area contributed by atoms with Crippen molar-refractivity contribution in [2.45, 2.75) is 90.9 Å². The summed E-state index contributed by atoms with van der Waals surface area (Å²) in [4.78, 5) is 28.6. The minimum absolute atomic E-state index is 0.0149. The molecule has 1 aliphatic rings. The van der Waals surface area contributed by atoms with Crippen LogP contribution in [0.5, 0.6) is 0 Å². The van der Waals surface area contributed by atoms with Crippen LogP contribution in [-0.4, -0.2) is 34.4 Å². The van der Waals surface area contributed by atoms with Gasteiger partial charge in [0.1, 0.15) is 11.2 Å². The Bertz CT molecular complexity index is 722. The second kappa shape index (κ2) is 9.01. The molecule has 1 aromatic heterocycles. The Morgan fingerprint density at radius 3 is 2.24 bits per heavy atom. The monoisotopic (exact) mass is 405 g/mol. The molecule has 2 amide bonds. The average molecular weight is 406 g/mol. The molecule has 3 atom stereocenters. The number of nitrogens with zero attached hydrogens (tertiary/aromatic N) is 1. The van der Waals surface area contributed by atoms with Gasteiger partial charge in [-0.15, -0.1) is 0 Å². The van der Waals surface area contributed by atoms with E-state index in [0.717, 1.165) is 24.8 Å². The van der Waals surface area contributed by atoms with Gasteiger partial charge >= 0.3 is 12.2 Å². The molecule has 0 aromatic carbocycles. The first-order valence-electron chi connectivity index (χ1n) is 10.3. The number of alkyl carbamates (subject to hydrolysis) is 1. The van der Waals surface area contributed by atoms with Gasteiger partial charge in [0, 0.05) is 12.2 Å². The van der Waals surface area contributed by atoms with Crippen LogP contribution in [0.2, 0.25) is 0 Å². The van der Waals surface area contributed by atoms with E-state index in [2.05, 4.69) is 22.5 Å². The van der Waals surface area contributed by atoms with Crippen LogP contribution in [0.3, 0.4) is 0 Å². The van der Waals surface area contributed by atoms with Crippen molar-refractivity contribution in [2.24, 2.45) is 5.92 Å². The number of anilines is 1. The molecule has 0 radical (unpaired) electrons. The van der Waals surface area contributed by atoms with Gasteiger partial charge in [0.2, 0.25) is 0 Å². The maximum absolute atomic E-state index is 12.2. The van der Waals surface area contributed by atoms with Crippen LogP contribution in [0, 0.1) is 5.92 Å².